The Hall–Kier alpha value is -1.53. The van der Waals surface area contributed by atoms with Crippen LogP contribution in [0.15, 0.2) is 81.2 Å². The summed E-state index contributed by atoms with van der Waals surface area (Å²) in [7, 11) is 0. The molecule has 0 saturated carbocycles. The van der Waals surface area contributed by atoms with Gasteiger partial charge in [-0.25, -0.2) is 0 Å². The standard InChI is InChI=1S/C21H25.C13H21.C6H5.C2H5.CH2.2ClH.Zr/c1-20(2,3)16-9-7-14-11-15-8-10-17(21(4,5)6)13-19(15)18(14)12-16;1-6-10-8-11(7-2)12(9-10)13(3,4)5;1-2-4-6-5-3-1;1-2;;;;/h7,9-10,12-13H,11H2,1-6H3;9-10H,6-7H2,1-5H3;1-5H;1H2,2H3;1H2;2*1H;. The van der Waals surface area contributed by atoms with E-state index >= 15 is 0 Å². The molecule has 0 spiro atoms. The first-order valence-corrected chi connectivity index (χ1v) is 24.4. The van der Waals surface area contributed by atoms with Gasteiger partial charge in [0.15, 0.2) is 0 Å². The predicted molar refractivity (Wildman–Crippen MR) is 209 cm³/mol. The van der Waals surface area contributed by atoms with E-state index in [0.29, 0.717) is 5.92 Å². The van der Waals surface area contributed by atoms with Gasteiger partial charge in [-0.2, -0.15) is 0 Å². The first-order valence-electron chi connectivity index (χ1n) is 17.3. The van der Waals surface area contributed by atoms with Gasteiger partial charge in [0.1, 0.15) is 0 Å². The second-order valence-electron chi connectivity index (χ2n) is 17.1. The minimum atomic E-state index is -4.53. The summed E-state index contributed by atoms with van der Waals surface area (Å²) in [5.41, 5.74) is 12.3. The van der Waals surface area contributed by atoms with E-state index in [9.17, 15) is 0 Å². The molecule has 0 nitrogen and oxygen atoms in total. The second-order valence-corrected chi connectivity index (χ2v) is 31.2. The van der Waals surface area contributed by atoms with Crippen LogP contribution in [0, 0.1) is 11.3 Å². The molecule has 0 bridgehead atoms. The molecule has 0 heterocycles. The fourth-order valence-corrected chi connectivity index (χ4v) is 25.2. The van der Waals surface area contributed by atoms with Gasteiger partial charge in [0, 0.05) is 0 Å². The molecule has 0 saturated heterocycles. The van der Waals surface area contributed by atoms with E-state index in [1.165, 1.54) is 31.1 Å². The number of rotatable bonds is 6. The molecule has 0 aliphatic heterocycles. The van der Waals surface area contributed by atoms with E-state index in [2.05, 4.69) is 150 Å². The average molecular weight is 739 g/mol. The summed E-state index contributed by atoms with van der Waals surface area (Å²) >= 11 is -4.53. The van der Waals surface area contributed by atoms with E-state index in [0.717, 1.165) is 23.4 Å². The first-order chi connectivity index (χ1) is 20.4. The zero-order valence-electron chi connectivity index (χ0n) is 30.8. The topological polar surface area (TPSA) is 0 Å². The molecule has 1 atom stereocenters. The van der Waals surface area contributed by atoms with Crippen LogP contribution in [0.1, 0.15) is 118 Å². The van der Waals surface area contributed by atoms with Crippen LogP contribution < -0.4 is 6.54 Å². The Balaban J connectivity index is 0.00000288. The summed E-state index contributed by atoms with van der Waals surface area (Å²) in [6.07, 6.45) is 5.87. The van der Waals surface area contributed by atoms with Crippen molar-refractivity contribution < 1.29 is 18.3 Å². The monoisotopic (exact) mass is 736 g/mol. The zero-order chi connectivity index (χ0) is 32.5. The molecule has 0 radical (unpaired) electrons. The van der Waals surface area contributed by atoms with Gasteiger partial charge in [-0.3, -0.25) is 0 Å². The van der Waals surface area contributed by atoms with E-state index in [1.54, 1.807) is 23.3 Å². The summed E-state index contributed by atoms with van der Waals surface area (Å²) in [5.74, 6) is 0.438. The third-order valence-corrected chi connectivity index (χ3v) is 28.5. The van der Waals surface area contributed by atoms with Crippen LogP contribution >= 0.6 is 24.8 Å². The van der Waals surface area contributed by atoms with Crippen LogP contribution in [-0.2, 0) is 35.5 Å². The maximum absolute atomic E-state index is 5.79. The Morgan fingerprint density at radius 2 is 1.30 bits per heavy atom. The van der Waals surface area contributed by atoms with Gasteiger partial charge >= 0.3 is 272 Å². The fourth-order valence-electron chi connectivity index (χ4n) is 8.57. The molecule has 0 amide bonds. The van der Waals surface area contributed by atoms with Crippen molar-refractivity contribution >= 4 is 35.6 Å². The molecule has 5 rings (SSSR count). The summed E-state index contributed by atoms with van der Waals surface area (Å²) in [5, 5.41) is 0. The van der Waals surface area contributed by atoms with E-state index in [1.807, 2.05) is 0 Å². The minimum absolute atomic E-state index is 0. The van der Waals surface area contributed by atoms with Crippen molar-refractivity contribution in [1.82, 2.24) is 0 Å². The van der Waals surface area contributed by atoms with E-state index in [-0.39, 0.29) is 41.1 Å². The Bertz CT molecular complexity index is 1730. The summed E-state index contributed by atoms with van der Waals surface area (Å²) in [4.78, 5) is 0. The number of benzene rings is 3. The molecule has 0 fully saturated rings. The van der Waals surface area contributed by atoms with Crippen molar-refractivity contribution in [3.05, 3.63) is 103 Å². The molecule has 1 unspecified atom stereocenters. The number of hydrogen-bond donors (Lipinski definition) is 0. The van der Waals surface area contributed by atoms with Crippen LogP contribution in [0.5, 0.6) is 0 Å². The third kappa shape index (κ3) is 6.10. The van der Waals surface area contributed by atoms with E-state index in [4.69, 9.17) is 4.21 Å². The van der Waals surface area contributed by atoms with Crippen molar-refractivity contribution in [3.8, 4) is 11.1 Å². The van der Waals surface area contributed by atoms with E-state index < -0.39 is 18.3 Å². The normalized spacial score (nSPS) is 16.8. The first kappa shape index (κ1) is 38.9. The third-order valence-electron chi connectivity index (χ3n) is 11.3. The Morgan fingerprint density at radius 3 is 1.80 bits per heavy atom. The molecule has 3 aromatic carbocycles. The summed E-state index contributed by atoms with van der Waals surface area (Å²) in [6.45, 7) is 28.7. The van der Waals surface area contributed by atoms with Crippen molar-refractivity contribution in [2.24, 2.45) is 11.3 Å². The zero-order valence-corrected chi connectivity index (χ0v) is 34.9. The molecule has 3 heteroatoms. The summed E-state index contributed by atoms with van der Waals surface area (Å²) < 4.78 is 11.8. The van der Waals surface area contributed by atoms with Gasteiger partial charge in [-0.1, -0.05) is 0 Å². The van der Waals surface area contributed by atoms with Gasteiger partial charge in [-0.05, 0) is 0 Å². The number of halogens is 2. The van der Waals surface area contributed by atoms with Crippen LogP contribution in [-0.4, -0.2) is 4.21 Å². The molecular weight excluding hydrogens is 679 g/mol. The maximum atomic E-state index is 5.79. The molecular formula is C43H60Cl2Zr. The van der Waals surface area contributed by atoms with Gasteiger partial charge in [0.25, 0.3) is 0 Å². The number of fused-ring (bicyclic) bond motifs is 3. The van der Waals surface area contributed by atoms with Crippen LogP contribution in [0.2, 0.25) is 4.13 Å². The molecule has 3 aromatic rings. The molecule has 250 valence electrons. The Kier molecular flexibility index (Phi) is 11.1. The molecule has 46 heavy (non-hydrogen) atoms. The van der Waals surface area contributed by atoms with Gasteiger partial charge in [0.2, 0.25) is 0 Å². The van der Waals surface area contributed by atoms with Crippen molar-refractivity contribution in [2.45, 2.75) is 117 Å². The van der Waals surface area contributed by atoms with Crippen LogP contribution in [0.4, 0.5) is 0 Å². The molecule has 0 N–H and O–H groups in total. The number of allylic oxidation sites excluding steroid dienone is 4. The quantitative estimate of drug-likeness (QED) is 0.185. The van der Waals surface area contributed by atoms with Gasteiger partial charge in [0.05, 0.1) is 0 Å². The predicted octanol–water partition coefficient (Wildman–Crippen LogP) is 11.9. The van der Waals surface area contributed by atoms with Crippen molar-refractivity contribution in [3.63, 3.8) is 0 Å². The Labute approximate surface area is 295 Å². The average Bonchev–Trinajstić information content (AvgIpc) is 3.54. The van der Waals surface area contributed by atoms with Crippen molar-refractivity contribution in [2.75, 3.05) is 0 Å². The fraction of sp³-hybridized carbons (Fsp3) is 0.465. The Morgan fingerprint density at radius 1 is 0.717 bits per heavy atom. The van der Waals surface area contributed by atoms with Gasteiger partial charge < -0.3 is 0 Å². The SMILES string of the molecule is Cl.Cl.[CH2]=[Zr]([CH2]C)([C]1=C(CC)C(C(C)(C)C)=CC1CC)([c]1ccccc1)[c]1cc(C(C)(C)C)cc2c1Cc1ccc(C(C)(C)C)cc1-2. The second kappa shape index (κ2) is 13.1. The van der Waals surface area contributed by atoms with Crippen LogP contribution in [0.25, 0.3) is 11.1 Å². The molecule has 2 aliphatic rings. The number of hydrogen-bond acceptors (Lipinski definition) is 0. The van der Waals surface area contributed by atoms with Gasteiger partial charge in [-0.15, -0.1) is 24.8 Å². The molecule has 0 aromatic heterocycles. The van der Waals surface area contributed by atoms with Crippen molar-refractivity contribution in [1.29, 1.82) is 0 Å². The molecule has 2 aliphatic carbocycles. The van der Waals surface area contributed by atoms with Crippen LogP contribution in [0.3, 0.4) is 0 Å². The summed E-state index contributed by atoms with van der Waals surface area (Å²) in [6, 6.07) is 24.2.